The zero-order chi connectivity index (χ0) is 17.7. The number of non-ortho nitro benzene ring substituents is 1. The van der Waals surface area contributed by atoms with Crippen molar-refractivity contribution in [3.63, 3.8) is 0 Å². The third-order valence-electron chi connectivity index (χ3n) is 3.56. The van der Waals surface area contributed by atoms with Gasteiger partial charge >= 0.3 is 11.9 Å². The van der Waals surface area contributed by atoms with E-state index in [0.717, 1.165) is 0 Å². The number of hydrogen-bond donors (Lipinski definition) is 1. The van der Waals surface area contributed by atoms with Crippen LogP contribution in [-0.4, -0.2) is 63.8 Å². The summed E-state index contributed by atoms with van der Waals surface area (Å²) in [6, 6.07) is 5.88. The number of rotatable bonds is 3. The van der Waals surface area contributed by atoms with Crippen LogP contribution >= 0.6 is 0 Å². The van der Waals surface area contributed by atoms with Crippen molar-refractivity contribution in [1.29, 1.82) is 0 Å². The molecule has 126 valence electrons. The lowest BCUT2D eigenvalue weighted by molar-refractivity contribution is -0.384. The fourth-order valence-corrected chi connectivity index (χ4v) is 2.28. The Morgan fingerprint density at radius 1 is 1.12 bits per heavy atom. The standard InChI is InChI=1S/C15H15N3O6/c19-13(5-4-11-2-1-3-12(10-11)18(23)24)16-6-8-17(9-7-16)14(20)15(21)22/h1-5,10H,6-9H2,(H,21,22)/b5-4+. The predicted molar refractivity (Wildman–Crippen MR) is 82.9 cm³/mol. The first-order chi connectivity index (χ1) is 11.4. The Morgan fingerprint density at radius 3 is 2.33 bits per heavy atom. The van der Waals surface area contributed by atoms with Gasteiger partial charge in [0.1, 0.15) is 0 Å². The first-order valence-corrected chi connectivity index (χ1v) is 7.12. The van der Waals surface area contributed by atoms with Crippen LogP contribution in [0.1, 0.15) is 5.56 Å². The Bertz CT molecular complexity index is 707. The van der Waals surface area contributed by atoms with Crippen molar-refractivity contribution in [1.82, 2.24) is 9.80 Å². The molecule has 9 nitrogen and oxygen atoms in total. The molecule has 0 aliphatic carbocycles. The molecule has 1 aliphatic heterocycles. The maximum Gasteiger partial charge on any atom is 0.394 e. The Hall–Kier alpha value is -3.23. The van der Waals surface area contributed by atoms with E-state index in [2.05, 4.69) is 0 Å². The molecular formula is C15H15N3O6. The highest BCUT2D eigenvalue weighted by Crippen LogP contribution is 2.14. The van der Waals surface area contributed by atoms with E-state index in [1.54, 1.807) is 6.07 Å². The van der Waals surface area contributed by atoms with E-state index in [0.29, 0.717) is 5.56 Å². The molecule has 1 aliphatic rings. The number of carbonyl (C=O) groups is 3. The van der Waals surface area contributed by atoms with E-state index in [1.807, 2.05) is 0 Å². The molecule has 0 bridgehead atoms. The summed E-state index contributed by atoms with van der Waals surface area (Å²) in [5.74, 6) is -2.79. The van der Waals surface area contributed by atoms with Gasteiger partial charge in [-0.3, -0.25) is 19.7 Å². The third kappa shape index (κ3) is 4.15. The van der Waals surface area contributed by atoms with Crippen LogP contribution in [0.15, 0.2) is 30.3 Å². The molecule has 1 aromatic carbocycles. The van der Waals surface area contributed by atoms with Crippen molar-refractivity contribution in [2.45, 2.75) is 0 Å². The second-order valence-electron chi connectivity index (χ2n) is 5.11. The minimum absolute atomic E-state index is 0.0644. The third-order valence-corrected chi connectivity index (χ3v) is 3.56. The molecule has 2 amide bonds. The van der Waals surface area contributed by atoms with Crippen LogP contribution in [0, 0.1) is 10.1 Å². The van der Waals surface area contributed by atoms with Gasteiger partial charge in [0, 0.05) is 44.4 Å². The molecule has 1 heterocycles. The zero-order valence-corrected chi connectivity index (χ0v) is 12.6. The molecule has 1 aromatic rings. The molecule has 0 atom stereocenters. The van der Waals surface area contributed by atoms with Gasteiger partial charge < -0.3 is 14.9 Å². The smallest absolute Gasteiger partial charge is 0.394 e. The van der Waals surface area contributed by atoms with E-state index in [9.17, 15) is 24.5 Å². The van der Waals surface area contributed by atoms with Gasteiger partial charge in [-0.1, -0.05) is 12.1 Å². The lowest BCUT2D eigenvalue weighted by Gasteiger charge is -2.33. The molecule has 1 N–H and O–H groups in total. The number of amides is 2. The van der Waals surface area contributed by atoms with Crippen LogP contribution < -0.4 is 0 Å². The highest BCUT2D eigenvalue weighted by atomic mass is 16.6. The number of piperazine rings is 1. The topological polar surface area (TPSA) is 121 Å². The Kier molecular flexibility index (Phi) is 5.25. The van der Waals surface area contributed by atoms with Crippen molar-refractivity contribution < 1.29 is 24.4 Å². The van der Waals surface area contributed by atoms with E-state index in [-0.39, 0.29) is 37.8 Å². The highest BCUT2D eigenvalue weighted by molar-refractivity contribution is 6.31. The minimum atomic E-state index is -1.51. The number of nitro benzene ring substituents is 1. The fourth-order valence-electron chi connectivity index (χ4n) is 2.28. The van der Waals surface area contributed by atoms with E-state index in [1.165, 1.54) is 40.2 Å². The summed E-state index contributed by atoms with van der Waals surface area (Å²) >= 11 is 0. The van der Waals surface area contributed by atoms with Crippen molar-refractivity contribution in [2.75, 3.05) is 26.2 Å². The fraction of sp³-hybridized carbons (Fsp3) is 0.267. The highest BCUT2D eigenvalue weighted by Gasteiger charge is 2.26. The number of aliphatic carboxylic acids is 1. The molecule has 2 rings (SSSR count). The molecule has 0 unspecified atom stereocenters. The molecule has 0 aromatic heterocycles. The van der Waals surface area contributed by atoms with Crippen LogP contribution in [0.4, 0.5) is 5.69 Å². The predicted octanol–water partition coefficient (Wildman–Crippen LogP) is 0.363. The Labute approximate surface area is 136 Å². The number of carboxylic acid groups (broad SMARTS) is 1. The van der Waals surface area contributed by atoms with Crippen molar-refractivity contribution in [3.8, 4) is 0 Å². The van der Waals surface area contributed by atoms with Gasteiger partial charge in [0.25, 0.3) is 5.69 Å². The second-order valence-corrected chi connectivity index (χ2v) is 5.11. The lowest BCUT2D eigenvalue weighted by atomic mass is 10.2. The molecule has 9 heteroatoms. The van der Waals surface area contributed by atoms with Gasteiger partial charge in [-0.25, -0.2) is 4.79 Å². The number of benzene rings is 1. The van der Waals surface area contributed by atoms with Crippen LogP contribution in [0.3, 0.4) is 0 Å². The van der Waals surface area contributed by atoms with Crippen LogP contribution in [-0.2, 0) is 14.4 Å². The molecule has 0 radical (unpaired) electrons. The monoisotopic (exact) mass is 333 g/mol. The van der Waals surface area contributed by atoms with Gasteiger partial charge in [0.05, 0.1) is 4.92 Å². The Morgan fingerprint density at radius 2 is 1.75 bits per heavy atom. The molecule has 1 saturated heterocycles. The molecule has 24 heavy (non-hydrogen) atoms. The van der Waals surface area contributed by atoms with E-state index >= 15 is 0 Å². The summed E-state index contributed by atoms with van der Waals surface area (Å²) in [7, 11) is 0. The van der Waals surface area contributed by atoms with Crippen molar-refractivity contribution in [3.05, 3.63) is 46.0 Å². The first-order valence-electron chi connectivity index (χ1n) is 7.12. The summed E-state index contributed by atoms with van der Waals surface area (Å²) in [5.41, 5.74) is 0.461. The normalized spacial score (nSPS) is 14.7. The van der Waals surface area contributed by atoms with Gasteiger partial charge in [-0.2, -0.15) is 0 Å². The SMILES string of the molecule is O=C(O)C(=O)N1CCN(C(=O)/C=C/c2cccc([N+](=O)[O-])c2)CC1. The van der Waals surface area contributed by atoms with Crippen molar-refractivity contribution in [2.24, 2.45) is 0 Å². The van der Waals surface area contributed by atoms with E-state index in [4.69, 9.17) is 5.11 Å². The summed E-state index contributed by atoms with van der Waals surface area (Å²) in [6.07, 6.45) is 2.78. The summed E-state index contributed by atoms with van der Waals surface area (Å²) in [6.45, 7) is 0.775. The average Bonchev–Trinajstić information content (AvgIpc) is 2.59. The van der Waals surface area contributed by atoms with Gasteiger partial charge in [-0.05, 0) is 11.6 Å². The van der Waals surface area contributed by atoms with Gasteiger partial charge in [-0.15, -0.1) is 0 Å². The first kappa shape index (κ1) is 17.1. The number of hydrogen-bond acceptors (Lipinski definition) is 5. The molecule has 0 spiro atoms. The maximum atomic E-state index is 12.1. The molecule has 0 saturated carbocycles. The minimum Gasteiger partial charge on any atom is -0.474 e. The Balaban J connectivity index is 1.94. The quantitative estimate of drug-likeness (QED) is 0.369. The van der Waals surface area contributed by atoms with Crippen LogP contribution in [0.25, 0.3) is 6.08 Å². The number of nitro groups is 1. The average molecular weight is 333 g/mol. The number of carbonyl (C=O) groups excluding carboxylic acids is 2. The van der Waals surface area contributed by atoms with Crippen LogP contribution in [0.2, 0.25) is 0 Å². The summed E-state index contributed by atoms with van der Waals surface area (Å²) in [5, 5.41) is 19.4. The summed E-state index contributed by atoms with van der Waals surface area (Å²) < 4.78 is 0. The largest absolute Gasteiger partial charge is 0.474 e. The second kappa shape index (κ2) is 7.36. The summed E-state index contributed by atoms with van der Waals surface area (Å²) in [4.78, 5) is 46.9. The zero-order valence-electron chi connectivity index (χ0n) is 12.6. The van der Waals surface area contributed by atoms with Crippen molar-refractivity contribution >= 4 is 29.5 Å². The number of carboxylic acids is 1. The number of nitrogens with zero attached hydrogens (tertiary/aromatic N) is 3. The van der Waals surface area contributed by atoms with E-state index < -0.39 is 16.8 Å². The lowest BCUT2D eigenvalue weighted by Crippen LogP contribution is -2.51. The maximum absolute atomic E-state index is 12.1. The molecule has 1 fully saturated rings. The van der Waals surface area contributed by atoms with Gasteiger partial charge in [0.15, 0.2) is 0 Å². The molecular weight excluding hydrogens is 318 g/mol. The van der Waals surface area contributed by atoms with Gasteiger partial charge in [0.2, 0.25) is 5.91 Å². The van der Waals surface area contributed by atoms with Crippen LogP contribution in [0.5, 0.6) is 0 Å².